The molecule has 0 aliphatic rings. The van der Waals surface area contributed by atoms with Crippen molar-refractivity contribution >= 4 is 106 Å². The maximum atomic E-state index is 2.71. The lowest BCUT2D eigenvalue weighted by Crippen LogP contribution is -1.98. The molecule has 0 fully saturated rings. The van der Waals surface area contributed by atoms with Gasteiger partial charge in [-0.3, -0.25) is 0 Å². The minimum atomic E-state index is 1.24. The van der Waals surface area contributed by atoms with Gasteiger partial charge in [0.2, 0.25) is 0 Å². The summed E-state index contributed by atoms with van der Waals surface area (Å²) in [5.74, 6) is 0. The van der Waals surface area contributed by atoms with Crippen molar-refractivity contribution in [1.29, 1.82) is 0 Å². The second kappa shape index (κ2) is 28.6. The van der Waals surface area contributed by atoms with Crippen LogP contribution in [0.2, 0.25) is 0 Å². The topological polar surface area (TPSA) is 0 Å². The van der Waals surface area contributed by atoms with E-state index in [1.165, 1.54) is 241 Å². The molecule has 7 aromatic rings. The molecule has 0 aliphatic heterocycles. The van der Waals surface area contributed by atoms with Crippen LogP contribution in [-0.4, -0.2) is 0 Å². The number of thiophene rings is 4. The van der Waals surface area contributed by atoms with Crippen LogP contribution in [0.15, 0.2) is 35.0 Å². The molecule has 4 heterocycles. The van der Waals surface area contributed by atoms with Gasteiger partial charge in [0.05, 0.1) is 18.8 Å². The largest absolute Gasteiger partial charge is 0.142 e. The Hall–Kier alpha value is -1.98. The quantitative estimate of drug-likeness (QED) is 0.0344. The van der Waals surface area contributed by atoms with E-state index in [2.05, 4.69) is 85.4 Å². The first-order valence-electron chi connectivity index (χ1n) is 28.3. The van der Waals surface area contributed by atoms with E-state index in [4.69, 9.17) is 0 Å². The van der Waals surface area contributed by atoms with Crippen molar-refractivity contribution in [3.63, 3.8) is 0 Å². The molecule has 0 bridgehead atoms. The van der Waals surface area contributed by atoms with Crippen LogP contribution in [0.4, 0.5) is 0 Å². The van der Waals surface area contributed by atoms with E-state index in [9.17, 15) is 0 Å². The van der Waals surface area contributed by atoms with E-state index >= 15 is 0 Å². The molecule has 362 valence electrons. The number of fused-ring (bicyclic) bond motifs is 10. The first-order chi connectivity index (χ1) is 32.7. The second-order valence-electron chi connectivity index (χ2n) is 20.6. The molecular formula is C62H90S4. The molecule has 0 aliphatic carbocycles. The minimum absolute atomic E-state index is 1.24. The van der Waals surface area contributed by atoms with Crippen LogP contribution in [0.5, 0.6) is 0 Å². The Morgan fingerprint density at radius 1 is 0.288 bits per heavy atom. The van der Waals surface area contributed by atoms with E-state index in [-0.39, 0.29) is 0 Å². The molecule has 0 atom stereocenters. The van der Waals surface area contributed by atoms with Gasteiger partial charge in [-0.05, 0) is 119 Å². The number of unbranched alkanes of at least 4 members (excludes halogenated alkanes) is 28. The van der Waals surface area contributed by atoms with E-state index in [0.29, 0.717) is 0 Å². The molecule has 4 heteroatoms. The van der Waals surface area contributed by atoms with Gasteiger partial charge in [0.25, 0.3) is 0 Å². The number of rotatable bonds is 36. The molecule has 3 aromatic carbocycles. The molecule has 0 nitrogen and oxygen atoms in total. The highest BCUT2D eigenvalue weighted by Gasteiger charge is 2.24. The third-order valence-electron chi connectivity index (χ3n) is 15.3. The van der Waals surface area contributed by atoms with Gasteiger partial charge in [-0.25, -0.2) is 0 Å². The van der Waals surface area contributed by atoms with Crippen molar-refractivity contribution in [3.8, 4) is 0 Å². The Morgan fingerprint density at radius 2 is 0.561 bits per heavy atom. The summed E-state index contributed by atoms with van der Waals surface area (Å²) in [4.78, 5) is 0. The number of benzene rings is 3. The Balaban J connectivity index is 1.25. The van der Waals surface area contributed by atoms with Crippen molar-refractivity contribution in [1.82, 2.24) is 0 Å². The normalized spacial score (nSPS) is 12.3. The Bertz CT molecular complexity index is 2290. The van der Waals surface area contributed by atoms with Crippen LogP contribution < -0.4 is 0 Å². The van der Waals surface area contributed by atoms with Crippen molar-refractivity contribution in [2.24, 2.45) is 0 Å². The fraction of sp³-hybridized carbons (Fsp3) is 0.645. The van der Waals surface area contributed by atoms with Crippen molar-refractivity contribution in [2.45, 2.75) is 259 Å². The zero-order valence-electron chi connectivity index (χ0n) is 42.6. The average Bonchev–Trinajstić information content (AvgIpc) is 4.15. The monoisotopic (exact) mass is 963 g/mol. The summed E-state index contributed by atoms with van der Waals surface area (Å²) >= 11 is 8.30. The summed E-state index contributed by atoms with van der Waals surface area (Å²) in [6, 6.07) is 10.4. The SMILES string of the molecule is CCCCCCCCCCc1c(CCCCCCCCCC)c2c3cc4sc5c6sccc6c(CCCCCCCCCC)c(CCCCCCCCCC)c5c4cc3sc2c2sccc12. The van der Waals surface area contributed by atoms with E-state index in [1.807, 2.05) is 22.7 Å². The third-order valence-corrected chi connectivity index (χ3v) is 19.8. The molecule has 0 amide bonds. The molecular weight excluding hydrogens is 873 g/mol. The molecule has 0 N–H and O–H groups in total. The first-order valence-corrected chi connectivity index (χ1v) is 31.7. The summed E-state index contributed by atoms with van der Waals surface area (Å²) in [5, 5.41) is 14.4. The maximum absolute atomic E-state index is 2.71. The molecule has 66 heavy (non-hydrogen) atoms. The summed E-state index contributed by atoms with van der Waals surface area (Å²) < 4.78 is 9.36. The highest BCUT2D eigenvalue weighted by Crippen LogP contribution is 2.51. The number of hydrogen-bond acceptors (Lipinski definition) is 4. The maximum Gasteiger partial charge on any atom is 0.0536 e. The highest BCUT2D eigenvalue weighted by atomic mass is 32.1. The van der Waals surface area contributed by atoms with Crippen LogP contribution in [0.1, 0.15) is 255 Å². The second-order valence-corrected chi connectivity index (χ2v) is 24.5. The fourth-order valence-corrected chi connectivity index (χ4v) is 16.2. The van der Waals surface area contributed by atoms with Gasteiger partial charge < -0.3 is 0 Å². The summed E-state index contributed by atoms with van der Waals surface area (Å²) in [5.41, 5.74) is 6.87. The van der Waals surface area contributed by atoms with Gasteiger partial charge in [0.15, 0.2) is 0 Å². The van der Waals surface area contributed by atoms with Gasteiger partial charge >= 0.3 is 0 Å². The highest BCUT2D eigenvalue weighted by molar-refractivity contribution is 7.32. The standard InChI is InChI=1S/C62H90S4/c1-5-9-13-17-21-25-29-33-37-47-49(39-35-31-27-23-19-15-11-7-3)57-53-45-56-54(46-55(53)65-61(57)59-51(47)41-43-63-59)58-50(40-36-32-28-24-20-16-12-8-4)48(38-34-30-26-22-18-14-10-6-2)52-42-44-64-60(52)62(58)66-56/h41-46H,5-40H2,1-4H3. The molecule has 0 spiro atoms. The Kier molecular flexibility index (Phi) is 22.5. The molecule has 0 saturated carbocycles. The smallest absolute Gasteiger partial charge is 0.0536 e. The van der Waals surface area contributed by atoms with Crippen molar-refractivity contribution in [2.75, 3.05) is 0 Å². The van der Waals surface area contributed by atoms with E-state index in [1.54, 1.807) is 73.4 Å². The Labute approximate surface area is 419 Å². The molecule has 0 saturated heterocycles. The summed E-state index contributed by atoms with van der Waals surface area (Å²) in [7, 11) is 0. The molecule has 7 rings (SSSR count). The van der Waals surface area contributed by atoms with Gasteiger partial charge in [-0.15, -0.1) is 45.3 Å². The fourth-order valence-electron chi connectivity index (χ4n) is 11.5. The zero-order valence-corrected chi connectivity index (χ0v) is 45.8. The van der Waals surface area contributed by atoms with Crippen molar-refractivity contribution in [3.05, 3.63) is 57.3 Å². The van der Waals surface area contributed by atoms with Gasteiger partial charge in [0, 0.05) is 30.9 Å². The molecule has 0 radical (unpaired) electrons. The molecule has 0 unspecified atom stereocenters. The average molecular weight is 964 g/mol. The van der Waals surface area contributed by atoms with Gasteiger partial charge in [0.1, 0.15) is 0 Å². The van der Waals surface area contributed by atoms with Crippen LogP contribution in [0, 0.1) is 0 Å². The van der Waals surface area contributed by atoms with Crippen LogP contribution in [-0.2, 0) is 25.7 Å². The van der Waals surface area contributed by atoms with E-state index < -0.39 is 0 Å². The predicted molar refractivity (Wildman–Crippen MR) is 308 cm³/mol. The minimum Gasteiger partial charge on any atom is -0.142 e. The summed E-state index contributed by atoms with van der Waals surface area (Å²) in [6.07, 6.45) is 49.3. The summed E-state index contributed by atoms with van der Waals surface area (Å²) in [6.45, 7) is 9.34. The number of hydrogen-bond donors (Lipinski definition) is 0. The van der Waals surface area contributed by atoms with Gasteiger partial charge in [-0.2, -0.15) is 0 Å². The predicted octanol–water partition coefficient (Wildman–Crippen LogP) is 23.6. The van der Waals surface area contributed by atoms with Crippen LogP contribution >= 0.6 is 45.3 Å². The molecule has 4 aromatic heterocycles. The van der Waals surface area contributed by atoms with Crippen LogP contribution in [0.3, 0.4) is 0 Å². The lowest BCUT2D eigenvalue weighted by atomic mass is 9.89. The third kappa shape index (κ3) is 13.7. The Morgan fingerprint density at radius 3 is 0.864 bits per heavy atom. The lowest BCUT2D eigenvalue weighted by molar-refractivity contribution is 0.571. The lowest BCUT2D eigenvalue weighted by Gasteiger charge is -2.15. The first kappa shape index (κ1) is 51.9. The van der Waals surface area contributed by atoms with Crippen LogP contribution in [0.25, 0.3) is 60.5 Å². The number of aryl methyl sites for hydroxylation is 4. The van der Waals surface area contributed by atoms with E-state index in [0.717, 1.165) is 0 Å². The van der Waals surface area contributed by atoms with Crippen molar-refractivity contribution < 1.29 is 0 Å². The van der Waals surface area contributed by atoms with Gasteiger partial charge in [-0.1, -0.05) is 207 Å². The zero-order chi connectivity index (χ0) is 45.8.